The van der Waals surface area contributed by atoms with E-state index in [9.17, 15) is 13.6 Å². The van der Waals surface area contributed by atoms with E-state index in [2.05, 4.69) is 28.6 Å². The van der Waals surface area contributed by atoms with Crippen LogP contribution in [-0.4, -0.2) is 52.6 Å². The Labute approximate surface area is 241 Å². The molecule has 10 heteroatoms. The smallest absolute Gasteiger partial charge is 0.343 e. The Balaban J connectivity index is 1.49. The highest BCUT2D eigenvalue weighted by atomic mass is 19.2. The van der Waals surface area contributed by atoms with E-state index in [0.717, 1.165) is 23.3 Å². The molecule has 0 fully saturated rings. The fourth-order valence-electron chi connectivity index (χ4n) is 5.73. The molecule has 0 bridgehead atoms. The molecular weight excluding hydrogens is 548 g/mol. The molecule has 3 aromatic rings. The predicted octanol–water partition coefficient (Wildman–Crippen LogP) is 4.56. The Kier molecular flexibility index (Phi) is 7.01. The molecule has 3 aliphatic heterocycles. The average molecular weight is 574 g/mol. The van der Waals surface area contributed by atoms with Crippen molar-refractivity contribution in [3.63, 3.8) is 0 Å². The molecule has 0 aliphatic carbocycles. The lowest BCUT2D eigenvalue weighted by Gasteiger charge is -2.39. The maximum Gasteiger partial charge on any atom is 0.343 e. The van der Waals surface area contributed by atoms with E-state index in [1.54, 1.807) is 13.2 Å². The van der Waals surface area contributed by atoms with Crippen LogP contribution in [0.4, 0.5) is 8.78 Å². The van der Waals surface area contributed by atoms with Gasteiger partial charge in [-0.25, -0.2) is 13.6 Å². The summed E-state index contributed by atoms with van der Waals surface area (Å²) >= 11 is 0. The molecule has 214 valence electrons. The largest absolute Gasteiger partial charge is 0.493 e. The lowest BCUT2D eigenvalue weighted by molar-refractivity contribution is 0.00872. The topological polar surface area (TPSA) is 75.7 Å². The van der Waals surface area contributed by atoms with Gasteiger partial charge in [-0.2, -0.15) is 0 Å². The lowest BCUT2D eigenvalue weighted by atomic mass is 9.83. The summed E-state index contributed by atoms with van der Waals surface area (Å²) in [6, 6.07) is 6.50. The molecule has 2 atom stereocenters. The van der Waals surface area contributed by atoms with Crippen LogP contribution in [-0.2, 0) is 11.2 Å². The van der Waals surface area contributed by atoms with Crippen molar-refractivity contribution in [2.24, 2.45) is 0 Å². The molecule has 3 aromatic carbocycles. The second kappa shape index (κ2) is 10.8. The summed E-state index contributed by atoms with van der Waals surface area (Å²) in [5, 5.41) is 0. The van der Waals surface area contributed by atoms with Crippen LogP contribution in [0.2, 0.25) is 0 Å². The second-order valence-corrected chi connectivity index (χ2v) is 9.76. The van der Waals surface area contributed by atoms with Gasteiger partial charge in [-0.05, 0) is 61.1 Å². The summed E-state index contributed by atoms with van der Waals surface area (Å²) in [7, 11) is 6.48. The number of rotatable bonds is 4. The molecule has 0 amide bonds. The molecule has 6 rings (SSSR count). The van der Waals surface area contributed by atoms with Crippen molar-refractivity contribution >= 4 is 5.97 Å². The molecule has 3 aliphatic rings. The number of benzene rings is 3. The Hall–Kier alpha value is -4.93. The summed E-state index contributed by atoms with van der Waals surface area (Å²) in [6.07, 6.45) is -0.102. The number of methoxy groups -OCH3 is 3. The number of fused-ring (bicyclic) bond motifs is 3. The minimum atomic E-state index is -0.984. The number of hydrogen-bond acceptors (Lipinski definition) is 8. The fourth-order valence-corrected chi connectivity index (χ4v) is 5.73. The number of cyclic esters (lactones) is 1. The minimum Gasteiger partial charge on any atom is -0.493 e. The Morgan fingerprint density at radius 3 is 2.43 bits per heavy atom. The average Bonchev–Trinajstić information content (AvgIpc) is 3.61. The summed E-state index contributed by atoms with van der Waals surface area (Å²) in [4.78, 5) is 15.3. The number of nitrogens with zero attached hydrogens (tertiary/aromatic N) is 1. The summed E-state index contributed by atoms with van der Waals surface area (Å²) in [5.74, 6) is 10.9. The van der Waals surface area contributed by atoms with Crippen LogP contribution in [0.15, 0.2) is 30.3 Å². The van der Waals surface area contributed by atoms with Gasteiger partial charge in [0, 0.05) is 23.2 Å². The molecule has 0 N–H and O–H groups in total. The van der Waals surface area contributed by atoms with Crippen molar-refractivity contribution in [2.45, 2.75) is 18.6 Å². The second-order valence-electron chi connectivity index (χ2n) is 9.76. The highest BCUT2D eigenvalue weighted by Gasteiger charge is 2.47. The van der Waals surface area contributed by atoms with E-state index in [1.165, 1.54) is 20.3 Å². The Morgan fingerprint density at radius 1 is 0.929 bits per heavy atom. The maximum atomic E-state index is 13.6. The maximum absolute atomic E-state index is 13.6. The van der Waals surface area contributed by atoms with Crippen LogP contribution in [0.1, 0.15) is 50.3 Å². The van der Waals surface area contributed by atoms with E-state index in [4.69, 9.17) is 28.4 Å². The number of hydrogen-bond donors (Lipinski definition) is 0. The zero-order valence-electron chi connectivity index (χ0n) is 23.2. The molecule has 0 spiro atoms. The monoisotopic (exact) mass is 573 g/mol. The van der Waals surface area contributed by atoms with Gasteiger partial charge in [0.1, 0.15) is 11.7 Å². The molecule has 0 aromatic heterocycles. The lowest BCUT2D eigenvalue weighted by Crippen LogP contribution is -2.36. The number of likely N-dealkylation sites (N-methyl/N-ethyl adjacent to an activating group) is 1. The van der Waals surface area contributed by atoms with Gasteiger partial charge in [0.05, 0.1) is 32.9 Å². The van der Waals surface area contributed by atoms with Crippen molar-refractivity contribution in [2.75, 3.05) is 41.7 Å². The van der Waals surface area contributed by atoms with Gasteiger partial charge < -0.3 is 28.4 Å². The van der Waals surface area contributed by atoms with Crippen LogP contribution < -0.4 is 23.7 Å². The molecular formula is C32H25F2NO7. The molecule has 0 unspecified atom stereocenters. The zero-order chi connectivity index (χ0) is 29.5. The number of ether oxygens (including phenoxy) is 6. The molecule has 42 heavy (non-hydrogen) atoms. The van der Waals surface area contributed by atoms with E-state index >= 15 is 0 Å². The van der Waals surface area contributed by atoms with E-state index in [1.807, 2.05) is 13.1 Å². The van der Waals surface area contributed by atoms with Crippen LogP contribution in [0, 0.1) is 35.3 Å². The van der Waals surface area contributed by atoms with Crippen LogP contribution in [0.3, 0.4) is 0 Å². The normalized spacial score (nSPS) is 18.1. The van der Waals surface area contributed by atoms with Crippen molar-refractivity contribution in [3.8, 4) is 52.4 Å². The molecule has 0 radical (unpaired) electrons. The Bertz CT molecular complexity index is 1750. The van der Waals surface area contributed by atoms with Crippen LogP contribution in [0.5, 0.6) is 28.7 Å². The molecule has 8 nitrogen and oxygen atoms in total. The first-order valence-corrected chi connectivity index (χ1v) is 13.0. The summed E-state index contributed by atoms with van der Waals surface area (Å²) in [5.41, 5.74) is 3.45. The minimum absolute atomic E-state index is 0.0252. The predicted molar refractivity (Wildman–Crippen MR) is 146 cm³/mol. The quantitative estimate of drug-likeness (QED) is 0.332. The van der Waals surface area contributed by atoms with Crippen LogP contribution >= 0.6 is 0 Å². The molecule has 3 heterocycles. The van der Waals surface area contributed by atoms with Gasteiger partial charge in [0.15, 0.2) is 34.6 Å². The van der Waals surface area contributed by atoms with Gasteiger partial charge in [-0.15, -0.1) is 0 Å². The van der Waals surface area contributed by atoms with Crippen molar-refractivity contribution in [1.82, 2.24) is 4.90 Å². The van der Waals surface area contributed by atoms with E-state index in [0.29, 0.717) is 64.0 Å². The zero-order valence-corrected chi connectivity index (χ0v) is 23.2. The summed E-state index contributed by atoms with van der Waals surface area (Å²) in [6.45, 7) is 0.592. The van der Waals surface area contributed by atoms with Gasteiger partial charge in [0.25, 0.3) is 0 Å². The van der Waals surface area contributed by atoms with Crippen LogP contribution in [0.25, 0.3) is 0 Å². The Morgan fingerprint density at radius 2 is 1.69 bits per heavy atom. The highest BCUT2D eigenvalue weighted by molar-refractivity contribution is 5.98. The fraction of sp³-hybridized carbons (Fsp3) is 0.281. The number of esters is 1. The summed E-state index contributed by atoms with van der Waals surface area (Å²) < 4.78 is 61.4. The highest BCUT2D eigenvalue weighted by Crippen LogP contribution is 2.56. The number of carbonyl (C=O) groups excluding carboxylic acids is 1. The first kappa shape index (κ1) is 27.3. The number of halogens is 2. The van der Waals surface area contributed by atoms with Crippen molar-refractivity contribution in [3.05, 3.63) is 75.3 Å². The first-order valence-electron chi connectivity index (χ1n) is 13.0. The SMILES string of the molecule is COc1ccc2c(c1OC)C(=O)O[C@@H]2[C@H]1c2c(c(C#CC#Cc3ccc(F)c(F)c3)c3c(c2OC)OCO3)CCN1C. The third kappa shape index (κ3) is 4.32. The standard InChI is InChI=1S/C32H25F2NO7/c1-35-14-13-18-19(8-6-5-7-17-9-11-21(33)22(34)15-17)28-31(41-16-40-28)30(39-4)24(18)26(35)27-20-10-12-23(37-2)29(38-3)25(20)32(36)42-27/h9-12,15,26-27H,13-14,16H2,1-4H3/t26-,27+/m1/s1. The van der Waals surface area contributed by atoms with Gasteiger partial charge in [-0.1, -0.05) is 12.0 Å². The van der Waals surface area contributed by atoms with Gasteiger partial charge in [-0.3, -0.25) is 4.90 Å². The van der Waals surface area contributed by atoms with Gasteiger partial charge >= 0.3 is 5.97 Å². The first-order chi connectivity index (χ1) is 20.4. The van der Waals surface area contributed by atoms with E-state index in [-0.39, 0.29) is 6.79 Å². The van der Waals surface area contributed by atoms with E-state index < -0.39 is 29.7 Å². The molecule has 0 saturated carbocycles. The number of carbonyl (C=O) groups is 1. The van der Waals surface area contributed by atoms with Gasteiger partial charge in [0.2, 0.25) is 12.5 Å². The van der Waals surface area contributed by atoms with Crippen molar-refractivity contribution in [1.29, 1.82) is 0 Å². The third-order valence-corrected chi connectivity index (χ3v) is 7.59. The van der Waals surface area contributed by atoms with Crippen molar-refractivity contribution < 1.29 is 42.0 Å². The third-order valence-electron chi connectivity index (χ3n) is 7.59. The molecule has 0 saturated heterocycles.